The van der Waals surface area contributed by atoms with Crippen LogP contribution >= 0.6 is 24.0 Å². The zero-order valence-corrected chi connectivity index (χ0v) is 8.17. The van der Waals surface area contributed by atoms with Crippen molar-refractivity contribution in [2.45, 2.75) is 19.7 Å². The van der Waals surface area contributed by atoms with Gasteiger partial charge in [0.25, 0.3) is 0 Å². The van der Waals surface area contributed by atoms with Crippen molar-refractivity contribution in [2.24, 2.45) is 0 Å². The Morgan fingerprint density at radius 1 is 1.36 bits per heavy atom. The monoisotopic (exact) mass is 191 g/mol. The van der Waals surface area contributed by atoms with Crippen LogP contribution in [0.25, 0.3) is 0 Å². The van der Waals surface area contributed by atoms with E-state index in [1.54, 1.807) is 0 Å². The Balaban J connectivity index is 0.000001000. The molecule has 0 amide bonds. The van der Waals surface area contributed by atoms with Crippen molar-refractivity contribution in [3.8, 4) is 0 Å². The first kappa shape index (κ1) is 10.7. The van der Waals surface area contributed by atoms with Gasteiger partial charge < -0.3 is 0 Å². The number of pyridine rings is 1. The predicted octanol–water partition coefficient (Wildman–Crippen LogP) is 2.86. The SMILES string of the molecule is Cc1ccc(CCl)c(C)n1.Cl. The summed E-state index contributed by atoms with van der Waals surface area (Å²) in [6.45, 7) is 3.95. The average molecular weight is 192 g/mol. The zero-order valence-electron chi connectivity index (χ0n) is 6.60. The molecular weight excluding hydrogens is 181 g/mol. The van der Waals surface area contributed by atoms with Crippen LogP contribution in [0.1, 0.15) is 17.0 Å². The normalized spacial score (nSPS) is 9.00. The summed E-state index contributed by atoms with van der Waals surface area (Å²) in [5.74, 6) is 0.555. The quantitative estimate of drug-likeness (QED) is 0.623. The molecule has 0 saturated carbocycles. The first-order valence-electron chi connectivity index (χ1n) is 3.23. The Kier molecular flexibility index (Phi) is 4.46. The van der Waals surface area contributed by atoms with Gasteiger partial charge in [0.15, 0.2) is 0 Å². The van der Waals surface area contributed by atoms with Crippen LogP contribution in [0.2, 0.25) is 0 Å². The molecule has 1 aromatic heterocycles. The minimum atomic E-state index is 0. The summed E-state index contributed by atoms with van der Waals surface area (Å²) >= 11 is 5.64. The Bertz CT molecular complexity index is 236. The highest BCUT2D eigenvalue weighted by Gasteiger charge is 1.95. The van der Waals surface area contributed by atoms with Crippen molar-refractivity contribution >= 4 is 24.0 Å². The number of halogens is 2. The smallest absolute Gasteiger partial charge is 0.0492 e. The molecule has 1 nitrogen and oxygen atoms in total. The first-order chi connectivity index (χ1) is 4.74. The summed E-state index contributed by atoms with van der Waals surface area (Å²) in [6.07, 6.45) is 0. The van der Waals surface area contributed by atoms with E-state index in [9.17, 15) is 0 Å². The van der Waals surface area contributed by atoms with Gasteiger partial charge in [-0.2, -0.15) is 0 Å². The average Bonchev–Trinajstić information content (AvgIpc) is 1.88. The molecular formula is C8H11Cl2N. The van der Waals surface area contributed by atoms with Gasteiger partial charge in [-0.15, -0.1) is 24.0 Å². The molecule has 1 rings (SSSR count). The van der Waals surface area contributed by atoms with Crippen LogP contribution in [0.15, 0.2) is 12.1 Å². The van der Waals surface area contributed by atoms with Crippen molar-refractivity contribution < 1.29 is 0 Å². The number of hydrogen-bond donors (Lipinski definition) is 0. The molecule has 1 aromatic rings. The molecule has 0 aliphatic carbocycles. The van der Waals surface area contributed by atoms with E-state index in [1.807, 2.05) is 26.0 Å². The number of alkyl halides is 1. The molecule has 0 atom stereocenters. The largest absolute Gasteiger partial charge is 0.258 e. The molecule has 1 heterocycles. The molecule has 0 unspecified atom stereocenters. The Labute approximate surface area is 78.2 Å². The summed E-state index contributed by atoms with van der Waals surface area (Å²) in [6, 6.07) is 4.00. The van der Waals surface area contributed by atoms with Crippen LogP contribution in [0.5, 0.6) is 0 Å². The lowest BCUT2D eigenvalue weighted by atomic mass is 10.2. The van der Waals surface area contributed by atoms with Gasteiger partial charge in [-0.25, -0.2) is 0 Å². The molecule has 0 spiro atoms. The minimum absolute atomic E-state index is 0. The molecule has 62 valence electrons. The van der Waals surface area contributed by atoms with E-state index in [0.717, 1.165) is 17.0 Å². The lowest BCUT2D eigenvalue weighted by Gasteiger charge is -2.00. The van der Waals surface area contributed by atoms with E-state index in [0.29, 0.717) is 5.88 Å². The van der Waals surface area contributed by atoms with Crippen LogP contribution < -0.4 is 0 Å². The maximum absolute atomic E-state index is 5.64. The maximum Gasteiger partial charge on any atom is 0.0492 e. The number of aromatic nitrogens is 1. The van der Waals surface area contributed by atoms with E-state index in [-0.39, 0.29) is 12.4 Å². The third-order valence-corrected chi connectivity index (χ3v) is 1.77. The minimum Gasteiger partial charge on any atom is -0.258 e. The fourth-order valence-corrected chi connectivity index (χ4v) is 1.14. The molecule has 0 radical (unpaired) electrons. The molecule has 0 saturated heterocycles. The lowest BCUT2D eigenvalue weighted by molar-refractivity contribution is 1.08. The van der Waals surface area contributed by atoms with Gasteiger partial charge in [-0.3, -0.25) is 4.98 Å². The van der Waals surface area contributed by atoms with Gasteiger partial charge in [0.2, 0.25) is 0 Å². The predicted molar refractivity (Wildman–Crippen MR) is 50.5 cm³/mol. The molecule has 0 aliphatic heterocycles. The molecule has 3 heteroatoms. The summed E-state index contributed by atoms with van der Waals surface area (Å²) in [5.41, 5.74) is 3.20. The summed E-state index contributed by atoms with van der Waals surface area (Å²) in [7, 11) is 0. The van der Waals surface area contributed by atoms with E-state index in [4.69, 9.17) is 11.6 Å². The van der Waals surface area contributed by atoms with Gasteiger partial charge >= 0.3 is 0 Å². The molecule has 0 N–H and O–H groups in total. The van der Waals surface area contributed by atoms with E-state index < -0.39 is 0 Å². The highest BCUT2D eigenvalue weighted by atomic mass is 35.5. The van der Waals surface area contributed by atoms with E-state index >= 15 is 0 Å². The van der Waals surface area contributed by atoms with Crippen LogP contribution in [0, 0.1) is 13.8 Å². The summed E-state index contributed by atoms with van der Waals surface area (Å²) < 4.78 is 0. The highest BCUT2D eigenvalue weighted by Crippen LogP contribution is 2.08. The second kappa shape index (κ2) is 4.58. The fraction of sp³-hybridized carbons (Fsp3) is 0.375. The fourth-order valence-electron chi connectivity index (χ4n) is 0.857. The number of rotatable bonds is 1. The highest BCUT2D eigenvalue weighted by molar-refractivity contribution is 6.17. The third kappa shape index (κ3) is 2.68. The molecule has 0 fully saturated rings. The standard InChI is InChI=1S/C8H10ClN.ClH/c1-6-3-4-8(5-9)7(2)10-6;/h3-4H,5H2,1-2H3;1H. The first-order valence-corrected chi connectivity index (χ1v) is 3.76. The van der Waals surface area contributed by atoms with Crippen LogP contribution in [-0.4, -0.2) is 4.98 Å². The second-order valence-electron chi connectivity index (χ2n) is 2.33. The number of hydrogen-bond acceptors (Lipinski definition) is 1. The topological polar surface area (TPSA) is 12.9 Å². The van der Waals surface area contributed by atoms with Crippen molar-refractivity contribution in [1.29, 1.82) is 0 Å². The number of nitrogens with zero attached hydrogens (tertiary/aromatic N) is 1. The van der Waals surface area contributed by atoms with Crippen LogP contribution in [-0.2, 0) is 5.88 Å². The lowest BCUT2D eigenvalue weighted by Crippen LogP contribution is -1.90. The molecule has 0 aliphatic rings. The summed E-state index contributed by atoms with van der Waals surface area (Å²) in [4.78, 5) is 4.26. The number of aryl methyl sites for hydroxylation is 2. The van der Waals surface area contributed by atoms with Gasteiger partial charge in [-0.1, -0.05) is 6.07 Å². The van der Waals surface area contributed by atoms with Crippen molar-refractivity contribution in [1.82, 2.24) is 4.98 Å². The van der Waals surface area contributed by atoms with Crippen molar-refractivity contribution in [2.75, 3.05) is 0 Å². The Hall–Kier alpha value is -0.270. The van der Waals surface area contributed by atoms with Gasteiger partial charge in [0.1, 0.15) is 0 Å². The Morgan fingerprint density at radius 2 is 2.00 bits per heavy atom. The van der Waals surface area contributed by atoms with Gasteiger partial charge in [-0.05, 0) is 25.5 Å². The van der Waals surface area contributed by atoms with Crippen molar-refractivity contribution in [3.63, 3.8) is 0 Å². The molecule has 0 aromatic carbocycles. The van der Waals surface area contributed by atoms with E-state index in [1.165, 1.54) is 0 Å². The van der Waals surface area contributed by atoms with Crippen molar-refractivity contribution in [3.05, 3.63) is 29.1 Å². The van der Waals surface area contributed by atoms with Crippen LogP contribution in [0.4, 0.5) is 0 Å². The summed E-state index contributed by atoms with van der Waals surface area (Å²) in [5, 5.41) is 0. The van der Waals surface area contributed by atoms with Gasteiger partial charge in [0, 0.05) is 17.3 Å². The third-order valence-electron chi connectivity index (χ3n) is 1.48. The molecule has 0 bridgehead atoms. The zero-order chi connectivity index (χ0) is 7.56. The van der Waals surface area contributed by atoms with Crippen LogP contribution in [0.3, 0.4) is 0 Å². The van der Waals surface area contributed by atoms with E-state index in [2.05, 4.69) is 4.98 Å². The van der Waals surface area contributed by atoms with Gasteiger partial charge in [0.05, 0.1) is 0 Å². The Morgan fingerprint density at radius 3 is 2.45 bits per heavy atom. The second-order valence-corrected chi connectivity index (χ2v) is 2.60. The molecule has 11 heavy (non-hydrogen) atoms. The maximum atomic E-state index is 5.64.